The first kappa shape index (κ1) is 20.1. The van der Waals surface area contributed by atoms with Gasteiger partial charge >= 0.3 is 6.18 Å². The summed E-state index contributed by atoms with van der Waals surface area (Å²) in [4.78, 5) is 22.3. The number of rotatable bonds is 3. The van der Waals surface area contributed by atoms with Crippen molar-refractivity contribution < 1.29 is 18.0 Å². The summed E-state index contributed by atoms with van der Waals surface area (Å²) in [5.74, 6) is 0.208. The van der Waals surface area contributed by atoms with Crippen LogP contribution in [0.2, 0.25) is 0 Å². The standard InChI is InChI=1S/C20H21F3N6O/c1-2-15(30)28-8-4-7-14(10-28)29-19-16(18(24)25-11-26-19)17(27-29)12-5-3-6-13(9-12)20(21,22)23/h3,5-6,9,11,14H,2,4,7-8,10H2,1H3,(H2,24,25,26)/t14-/m1/s1. The molecule has 0 aliphatic carbocycles. The highest BCUT2D eigenvalue weighted by Gasteiger charge is 2.32. The molecular formula is C20H21F3N6O. The summed E-state index contributed by atoms with van der Waals surface area (Å²) in [7, 11) is 0. The minimum Gasteiger partial charge on any atom is -0.383 e. The van der Waals surface area contributed by atoms with Crippen LogP contribution in [0.3, 0.4) is 0 Å². The number of nitrogens with zero attached hydrogens (tertiary/aromatic N) is 5. The molecule has 1 amide bonds. The maximum Gasteiger partial charge on any atom is 0.416 e. The number of carbonyl (C=O) groups excluding carboxylic acids is 1. The van der Waals surface area contributed by atoms with Crippen molar-refractivity contribution >= 4 is 22.8 Å². The molecule has 0 radical (unpaired) electrons. The van der Waals surface area contributed by atoms with Crippen LogP contribution in [0.15, 0.2) is 30.6 Å². The van der Waals surface area contributed by atoms with E-state index in [-0.39, 0.29) is 23.3 Å². The highest BCUT2D eigenvalue weighted by atomic mass is 19.4. The zero-order chi connectivity index (χ0) is 21.5. The molecule has 7 nitrogen and oxygen atoms in total. The van der Waals surface area contributed by atoms with E-state index in [0.717, 1.165) is 25.0 Å². The normalized spacial score (nSPS) is 17.5. The van der Waals surface area contributed by atoms with Gasteiger partial charge in [-0.2, -0.15) is 18.3 Å². The Hall–Kier alpha value is -3.17. The van der Waals surface area contributed by atoms with E-state index in [1.807, 2.05) is 6.92 Å². The molecule has 1 fully saturated rings. The fourth-order valence-electron chi connectivity index (χ4n) is 3.90. The fourth-order valence-corrected chi connectivity index (χ4v) is 3.90. The highest BCUT2D eigenvalue weighted by Crippen LogP contribution is 2.36. The number of benzene rings is 1. The van der Waals surface area contributed by atoms with Crippen molar-refractivity contribution in [3.63, 3.8) is 0 Å². The minimum atomic E-state index is -4.47. The van der Waals surface area contributed by atoms with Crippen LogP contribution in [0.5, 0.6) is 0 Å². The Balaban J connectivity index is 1.83. The van der Waals surface area contributed by atoms with Gasteiger partial charge in [0.05, 0.1) is 17.0 Å². The van der Waals surface area contributed by atoms with Crippen LogP contribution in [0.1, 0.15) is 37.8 Å². The van der Waals surface area contributed by atoms with Gasteiger partial charge in [-0.3, -0.25) is 4.79 Å². The quantitative estimate of drug-likeness (QED) is 0.701. The van der Waals surface area contributed by atoms with Crippen molar-refractivity contribution in [3.05, 3.63) is 36.2 Å². The van der Waals surface area contributed by atoms with Gasteiger partial charge in [0.25, 0.3) is 0 Å². The molecule has 3 heterocycles. The first-order valence-corrected chi connectivity index (χ1v) is 9.73. The third-order valence-corrected chi connectivity index (χ3v) is 5.38. The summed E-state index contributed by atoms with van der Waals surface area (Å²) < 4.78 is 41.3. The average Bonchev–Trinajstić information content (AvgIpc) is 3.14. The van der Waals surface area contributed by atoms with Crippen LogP contribution < -0.4 is 5.73 Å². The largest absolute Gasteiger partial charge is 0.416 e. The van der Waals surface area contributed by atoms with Crippen LogP contribution in [0, 0.1) is 0 Å². The first-order chi connectivity index (χ1) is 14.3. The van der Waals surface area contributed by atoms with Gasteiger partial charge in [-0.05, 0) is 25.0 Å². The second-order valence-corrected chi connectivity index (χ2v) is 7.32. The molecule has 2 aromatic heterocycles. The fraction of sp³-hybridized carbons (Fsp3) is 0.400. The predicted octanol–water partition coefficient (Wildman–Crippen LogP) is 3.67. The molecule has 2 N–H and O–H groups in total. The number of halogens is 3. The topological polar surface area (TPSA) is 89.9 Å². The summed E-state index contributed by atoms with van der Waals surface area (Å²) in [5.41, 5.74) is 6.33. The van der Waals surface area contributed by atoms with E-state index in [0.29, 0.717) is 36.2 Å². The number of hydrogen-bond acceptors (Lipinski definition) is 5. The van der Waals surface area contributed by atoms with Crippen LogP contribution in [0.25, 0.3) is 22.3 Å². The summed E-state index contributed by atoms with van der Waals surface area (Å²) in [6, 6.07) is 4.81. The minimum absolute atomic E-state index is 0.0587. The van der Waals surface area contributed by atoms with E-state index in [9.17, 15) is 18.0 Å². The number of piperidine rings is 1. The number of nitrogens with two attached hydrogens (primary N) is 1. The molecule has 1 aromatic carbocycles. The SMILES string of the molecule is CCC(=O)N1CCC[C@@H](n2nc(-c3cccc(C(F)(F)F)c3)c3c(N)ncnc32)C1. The van der Waals surface area contributed by atoms with Gasteiger partial charge in [-0.15, -0.1) is 0 Å². The lowest BCUT2D eigenvalue weighted by atomic mass is 10.1. The number of aromatic nitrogens is 4. The number of alkyl halides is 3. The maximum absolute atomic E-state index is 13.2. The number of nitrogen functional groups attached to an aromatic ring is 1. The van der Waals surface area contributed by atoms with Gasteiger partial charge in [-0.25, -0.2) is 14.6 Å². The van der Waals surface area contributed by atoms with Crippen LogP contribution in [0.4, 0.5) is 19.0 Å². The van der Waals surface area contributed by atoms with Crippen molar-refractivity contribution in [2.75, 3.05) is 18.8 Å². The number of fused-ring (bicyclic) bond motifs is 1. The molecule has 4 rings (SSSR count). The maximum atomic E-state index is 13.2. The summed E-state index contributed by atoms with van der Waals surface area (Å²) in [5, 5.41) is 5.03. The summed E-state index contributed by atoms with van der Waals surface area (Å²) in [6.07, 6.45) is -1.17. The number of amides is 1. The molecule has 0 spiro atoms. The molecular weight excluding hydrogens is 397 g/mol. The number of hydrogen-bond donors (Lipinski definition) is 1. The molecule has 1 atom stereocenters. The third-order valence-electron chi connectivity index (χ3n) is 5.38. The molecule has 30 heavy (non-hydrogen) atoms. The van der Waals surface area contributed by atoms with E-state index in [2.05, 4.69) is 15.1 Å². The lowest BCUT2D eigenvalue weighted by molar-refractivity contribution is -0.137. The van der Waals surface area contributed by atoms with Crippen molar-refractivity contribution in [1.29, 1.82) is 0 Å². The second-order valence-electron chi connectivity index (χ2n) is 7.32. The van der Waals surface area contributed by atoms with Crippen molar-refractivity contribution in [2.45, 2.75) is 38.4 Å². The molecule has 3 aromatic rings. The Morgan fingerprint density at radius 1 is 1.30 bits per heavy atom. The lowest BCUT2D eigenvalue weighted by Crippen LogP contribution is -2.40. The van der Waals surface area contributed by atoms with Gasteiger partial charge in [0, 0.05) is 25.1 Å². The Bertz CT molecular complexity index is 1090. The molecule has 1 aliphatic rings. The van der Waals surface area contributed by atoms with E-state index in [1.165, 1.54) is 12.4 Å². The zero-order valence-corrected chi connectivity index (χ0v) is 16.4. The Morgan fingerprint density at radius 2 is 2.10 bits per heavy atom. The average molecular weight is 418 g/mol. The van der Waals surface area contributed by atoms with E-state index in [1.54, 1.807) is 15.6 Å². The van der Waals surface area contributed by atoms with E-state index < -0.39 is 11.7 Å². The number of likely N-dealkylation sites (tertiary alicyclic amines) is 1. The Kier molecular flexibility index (Phi) is 5.08. The zero-order valence-electron chi connectivity index (χ0n) is 16.4. The Morgan fingerprint density at radius 3 is 2.83 bits per heavy atom. The van der Waals surface area contributed by atoms with E-state index >= 15 is 0 Å². The molecule has 0 unspecified atom stereocenters. The van der Waals surface area contributed by atoms with Crippen LogP contribution in [-0.4, -0.2) is 43.6 Å². The predicted molar refractivity (Wildman–Crippen MR) is 105 cm³/mol. The van der Waals surface area contributed by atoms with Gasteiger partial charge in [0.2, 0.25) is 5.91 Å². The van der Waals surface area contributed by atoms with Crippen LogP contribution >= 0.6 is 0 Å². The number of anilines is 1. The summed E-state index contributed by atoms with van der Waals surface area (Å²) in [6.45, 7) is 2.96. The van der Waals surface area contributed by atoms with Gasteiger partial charge in [-0.1, -0.05) is 19.1 Å². The van der Waals surface area contributed by atoms with Crippen molar-refractivity contribution in [2.24, 2.45) is 0 Å². The van der Waals surface area contributed by atoms with Gasteiger partial charge in [0.1, 0.15) is 17.8 Å². The van der Waals surface area contributed by atoms with Crippen molar-refractivity contribution in [1.82, 2.24) is 24.6 Å². The highest BCUT2D eigenvalue weighted by molar-refractivity contribution is 5.98. The Labute approximate surface area is 170 Å². The lowest BCUT2D eigenvalue weighted by Gasteiger charge is -2.32. The molecule has 10 heteroatoms. The first-order valence-electron chi connectivity index (χ1n) is 9.73. The molecule has 1 aliphatic heterocycles. The monoisotopic (exact) mass is 418 g/mol. The smallest absolute Gasteiger partial charge is 0.383 e. The van der Waals surface area contributed by atoms with Gasteiger partial charge in [0.15, 0.2) is 5.65 Å². The molecule has 158 valence electrons. The summed E-state index contributed by atoms with van der Waals surface area (Å²) >= 11 is 0. The van der Waals surface area contributed by atoms with Gasteiger partial charge < -0.3 is 10.6 Å². The van der Waals surface area contributed by atoms with Crippen molar-refractivity contribution in [3.8, 4) is 11.3 Å². The molecule has 0 bridgehead atoms. The van der Waals surface area contributed by atoms with E-state index in [4.69, 9.17) is 5.73 Å². The molecule has 0 saturated carbocycles. The molecule has 1 saturated heterocycles. The second kappa shape index (κ2) is 7.58. The third kappa shape index (κ3) is 3.57. The van der Waals surface area contributed by atoms with Crippen LogP contribution in [-0.2, 0) is 11.0 Å². The number of carbonyl (C=O) groups is 1.